The third-order valence-electron chi connectivity index (χ3n) is 3.15. The molecule has 1 aliphatic carbocycles. The van der Waals surface area contributed by atoms with Gasteiger partial charge in [-0.15, -0.1) is 0 Å². The van der Waals surface area contributed by atoms with E-state index in [0.717, 1.165) is 11.1 Å². The number of ether oxygens (including phenoxy) is 1. The molecular weight excluding hydrogens is 252 g/mol. The first-order valence-corrected chi connectivity index (χ1v) is 6.31. The number of rotatable bonds is 3. The number of allylic oxidation sites excluding steroid dienone is 1. The van der Waals surface area contributed by atoms with E-state index in [-0.39, 0.29) is 0 Å². The molecule has 0 aromatic heterocycles. The third-order valence-corrected chi connectivity index (χ3v) is 3.15. The van der Waals surface area contributed by atoms with Crippen molar-refractivity contribution in [1.29, 1.82) is 0 Å². The normalized spacial score (nSPS) is 13.2. The minimum atomic E-state index is -0.476. The highest BCUT2D eigenvalue weighted by Gasteiger charge is 2.20. The van der Waals surface area contributed by atoms with Gasteiger partial charge in [0.05, 0.1) is 0 Å². The Bertz CT molecular complexity index is 699. The second-order valence-electron chi connectivity index (χ2n) is 4.55. The van der Waals surface area contributed by atoms with Crippen molar-refractivity contribution in [3.8, 4) is 5.75 Å². The lowest BCUT2D eigenvalue weighted by molar-refractivity contribution is -0.110. The van der Waals surface area contributed by atoms with Crippen LogP contribution in [0.4, 0.5) is 0 Å². The van der Waals surface area contributed by atoms with Gasteiger partial charge in [-0.3, -0.25) is 9.59 Å². The highest BCUT2D eigenvalue weighted by Crippen LogP contribution is 2.23. The lowest BCUT2D eigenvalue weighted by atomic mass is 9.95. The van der Waals surface area contributed by atoms with Gasteiger partial charge < -0.3 is 4.74 Å². The first-order valence-electron chi connectivity index (χ1n) is 6.31. The van der Waals surface area contributed by atoms with Gasteiger partial charge in [0.25, 0.3) is 0 Å². The number of carbonyl (C=O) groups excluding carboxylic acids is 2. The first kappa shape index (κ1) is 12.4. The van der Waals surface area contributed by atoms with Crippen molar-refractivity contribution in [3.05, 3.63) is 71.3 Å². The average molecular weight is 264 g/mol. The second kappa shape index (κ2) is 5.13. The van der Waals surface area contributed by atoms with Gasteiger partial charge in [-0.2, -0.15) is 0 Å². The topological polar surface area (TPSA) is 43.4 Å². The summed E-state index contributed by atoms with van der Waals surface area (Å²) in [7, 11) is 0. The quantitative estimate of drug-likeness (QED) is 0.800. The molecule has 98 valence electrons. The van der Waals surface area contributed by atoms with Crippen LogP contribution < -0.4 is 4.74 Å². The molecule has 0 atom stereocenters. The summed E-state index contributed by atoms with van der Waals surface area (Å²) in [5, 5.41) is 0. The van der Waals surface area contributed by atoms with Gasteiger partial charge in [-0.05, 0) is 35.4 Å². The fourth-order valence-electron chi connectivity index (χ4n) is 2.09. The van der Waals surface area contributed by atoms with Crippen LogP contribution in [0.2, 0.25) is 0 Å². The van der Waals surface area contributed by atoms with Crippen LogP contribution >= 0.6 is 0 Å². The van der Waals surface area contributed by atoms with Crippen LogP contribution in [0.5, 0.6) is 5.75 Å². The van der Waals surface area contributed by atoms with Crippen LogP contribution in [-0.2, 0) is 11.4 Å². The molecule has 0 spiro atoms. The van der Waals surface area contributed by atoms with E-state index in [0.29, 0.717) is 17.9 Å². The molecule has 0 fully saturated rings. The van der Waals surface area contributed by atoms with Crippen LogP contribution in [0.25, 0.3) is 6.08 Å². The average Bonchev–Trinajstić information content (AvgIpc) is 2.50. The zero-order valence-corrected chi connectivity index (χ0v) is 10.7. The number of carbonyl (C=O) groups is 2. The van der Waals surface area contributed by atoms with Crippen molar-refractivity contribution < 1.29 is 14.3 Å². The minimum Gasteiger partial charge on any atom is -0.489 e. The van der Waals surface area contributed by atoms with Gasteiger partial charge in [0.2, 0.25) is 11.6 Å². The van der Waals surface area contributed by atoms with Crippen molar-refractivity contribution in [3.63, 3.8) is 0 Å². The summed E-state index contributed by atoms with van der Waals surface area (Å²) in [6.45, 7) is 0.468. The lowest BCUT2D eigenvalue weighted by Gasteiger charge is -2.11. The van der Waals surface area contributed by atoms with Crippen LogP contribution in [0.1, 0.15) is 21.5 Å². The zero-order valence-electron chi connectivity index (χ0n) is 10.7. The third kappa shape index (κ3) is 2.38. The molecule has 3 heteroatoms. The predicted molar refractivity (Wildman–Crippen MR) is 75.6 cm³/mol. The van der Waals surface area contributed by atoms with Crippen LogP contribution in [0.15, 0.2) is 54.6 Å². The summed E-state index contributed by atoms with van der Waals surface area (Å²) < 4.78 is 5.69. The molecule has 3 nitrogen and oxygen atoms in total. The molecule has 2 aromatic rings. The fourth-order valence-corrected chi connectivity index (χ4v) is 2.09. The van der Waals surface area contributed by atoms with Crippen molar-refractivity contribution in [1.82, 2.24) is 0 Å². The Balaban J connectivity index is 1.79. The summed E-state index contributed by atoms with van der Waals surface area (Å²) in [5.41, 5.74) is 2.23. The van der Waals surface area contributed by atoms with E-state index in [1.165, 1.54) is 6.08 Å². The van der Waals surface area contributed by atoms with Crippen LogP contribution in [0.3, 0.4) is 0 Å². The summed E-state index contributed by atoms with van der Waals surface area (Å²) in [5.74, 6) is -0.257. The summed E-state index contributed by atoms with van der Waals surface area (Å²) >= 11 is 0. The Morgan fingerprint density at radius 3 is 2.50 bits per heavy atom. The van der Waals surface area contributed by atoms with Gasteiger partial charge in [-0.25, -0.2) is 0 Å². The maximum Gasteiger partial charge on any atom is 0.233 e. The number of benzene rings is 2. The summed E-state index contributed by atoms with van der Waals surface area (Å²) in [6, 6.07) is 15.0. The molecule has 0 N–H and O–H groups in total. The molecule has 0 saturated heterocycles. The van der Waals surface area contributed by atoms with Gasteiger partial charge in [0.15, 0.2) is 0 Å². The molecule has 1 aliphatic rings. The molecule has 0 radical (unpaired) electrons. The van der Waals surface area contributed by atoms with Crippen molar-refractivity contribution >= 4 is 17.6 Å². The number of Topliss-reactive ketones (excluding diaryl/α,β-unsaturated/α-hetero) is 1. The molecule has 0 amide bonds. The maximum atomic E-state index is 11.7. The number of hydrogen-bond donors (Lipinski definition) is 0. The van der Waals surface area contributed by atoms with E-state index in [1.54, 1.807) is 24.3 Å². The Kier molecular flexibility index (Phi) is 3.17. The molecule has 0 unspecified atom stereocenters. The molecule has 0 aliphatic heterocycles. The van der Waals surface area contributed by atoms with E-state index >= 15 is 0 Å². The first-order chi connectivity index (χ1) is 9.74. The smallest absolute Gasteiger partial charge is 0.233 e. The van der Waals surface area contributed by atoms with Crippen LogP contribution in [0, 0.1) is 0 Å². The summed E-state index contributed by atoms with van der Waals surface area (Å²) in [4.78, 5) is 23.0. The Hall–Kier alpha value is -2.68. The van der Waals surface area contributed by atoms with Crippen molar-refractivity contribution in [2.45, 2.75) is 6.61 Å². The predicted octanol–water partition coefficient (Wildman–Crippen LogP) is 3.04. The number of fused-ring (bicyclic) bond motifs is 1. The van der Waals surface area contributed by atoms with Crippen LogP contribution in [-0.4, -0.2) is 11.6 Å². The van der Waals surface area contributed by atoms with Gasteiger partial charge in [0.1, 0.15) is 12.4 Å². The maximum absolute atomic E-state index is 11.7. The Morgan fingerprint density at radius 1 is 0.900 bits per heavy atom. The summed E-state index contributed by atoms with van der Waals surface area (Å²) in [6.07, 6.45) is 2.94. The van der Waals surface area contributed by atoms with Crippen molar-refractivity contribution in [2.75, 3.05) is 0 Å². The number of ketones is 2. The zero-order chi connectivity index (χ0) is 13.9. The highest BCUT2D eigenvalue weighted by molar-refractivity contribution is 6.49. The largest absolute Gasteiger partial charge is 0.489 e. The van der Waals surface area contributed by atoms with E-state index < -0.39 is 11.6 Å². The van der Waals surface area contributed by atoms with E-state index in [4.69, 9.17) is 4.74 Å². The van der Waals surface area contributed by atoms with E-state index in [1.807, 2.05) is 30.3 Å². The van der Waals surface area contributed by atoms with Gasteiger partial charge in [-0.1, -0.05) is 36.4 Å². The molecule has 0 saturated carbocycles. The highest BCUT2D eigenvalue weighted by atomic mass is 16.5. The molecule has 2 aromatic carbocycles. The molecule has 0 heterocycles. The number of hydrogen-bond acceptors (Lipinski definition) is 3. The standard InChI is InChI=1S/C17H12O3/c18-16-9-6-13-10-14(7-8-15(13)17(16)19)20-11-12-4-2-1-3-5-12/h1-10H,11H2. The SMILES string of the molecule is O=C1C=Cc2cc(OCc3ccccc3)ccc2C1=O. The molecular formula is C17H12O3. The molecule has 20 heavy (non-hydrogen) atoms. The molecule has 0 bridgehead atoms. The van der Waals surface area contributed by atoms with E-state index in [2.05, 4.69) is 0 Å². The monoisotopic (exact) mass is 264 g/mol. The minimum absolute atomic E-state index is 0.435. The van der Waals surface area contributed by atoms with E-state index in [9.17, 15) is 9.59 Å². The Labute approximate surface area is 116 Å². The molecule has 3 rings (SSSR count). The lowest BCUT2D eigenvalue weighted by Crippen LogP contribution is -2.16. The Morgan fingerprint density at radius 2 is 1.70 bits per heavy atom. The second-order valence-corrected chi connectivity index (χ2v) is 4.55. The fraction of sp³-hybridized carbons (Fsp3) is 0.0588. The van der Waals surface area contributed by atoms with Gasteiger partial charge >= 0.3 is 0 Å². The van der Waals surface area contributed by atoms with Gasteiger partial charge in [0, 0.05) is 5.56 Å². The van der Waals surface area contributed by atoms with Crippen molar-refractivity contribution in [2.24, 2.45) is 0 Å².